The molecule has 1 aliphatic heterocycles. The zero-order valence-electron chi connectivity index (χ0n) is 20.9. The van der Waals surface area contributed by atoms with Crippen molar-refractivity contribution in [3.63, 3.8) is 0 Å². The summed E-state index contributed by atoms with van der Waals surface area (Å²) in [6, 6.07) is 20.4. The summed E-state index contributed by atoms with van der Waals surface area (Å²) in [6.45, 7) is 2.20. The van der Waals surface area contributed by atoms with E-state index < -0.39 is 0 Å². The van der Waals surface area contributed by atoms with Crippen LogP contribution in [0.1, 0.15) is 42.0 Å². The highest BCUT2D eigenvalue weighted by Crippen LogP contribution is 2.30. The van der Waals surface area contributed by atoms with Gasteiger partial charge in [0.1, 0.15) is 5.75 Å². The van der Waals surface area contributed by atoms with Crippen molar-refractivity contribution in [1.29, 1.82) is 0 Å². The zero-order chi connectivity index (χ0) is 24.9. The number of piperidine rings is 1. The number of methoxy groups -OCH3 is 2. The van der Waals surface area contributed by atoms with E-state index in [-0.39, 0.29) is 5.91 Å². The number of aromatic nitrogens is 3. The summed E-state index contributed by atoms with van der Waals surface area (Å²) >= 11 is 0. The van der Waals surface area contributed by atoms with Crippen molar-refractivity contribution >= 4 is 16.8 Å². The third kappa shape index (κ3) is 5.05. The van der Waals surface area contributed by atoms with Crippen molar-refractivity contribution in [2.24, 2.45) is 0 Å². The number of pyridine rings is 1. The molecule has 1 fully saturated rings. The highest BCUT2D eigenvalue weighted by molar-refractivity contribution is 5.87. The summed E-state index contributed by atoms with van der Waals surface area (Å²) in [5.74, 6) is 1.94. The molecule has 1 saturated heterocycles. The molecule has 1 amide bonds. The SMILES string of the molecule is COc1ccc(Cn2nc(CCC(=O)N3CCCC(c4ccccc4)C3)c3c(OC)nccc32)cc1. The summed E-state index contributed by atoms with van der Waals surface area (Å²) in [4.78, 5) is 19.7. The Balaban J connectivity index is 1.33. The van der Waals surface area contributed by atoms with E-state index in [1.54, 1.807) is 20.4 Å². The Morgan fingerprint density at radius 2 is 1.83 bits per heavy atom. The van der Waals surface area contributed by atoms with Crippen LogP contribution >= 0.6 is 0 Å². The van der Waals surface area contributed by atoms with Crippen molar-refractivity contribution in [3.8, 4) is 11.6 Å². The van der Waals surface area contributed by atoms with Gasteiger partial charge >= 0.3 is 0 Å². The average Bonchev–Trinajstić information content (AvgIpc) is 3.30. The number of benzene rings is 2. The topological polar surface area (TPSA) is 69.5 Å². The van der Waals surface area contributed by atoms with Gasteiger partial charge < -0.3 is 14.4 Å². The number of carbonyl (C=O) groups excluding carboxylic acids is 1. The van der Waals surface area contributed by atoms with Crippen LogP contribution in [0.15, 0.2) is 66.9 Å². The highest BCUT2D eigenvalue weighted by atomic mass is 16.5. The first kappa shape index (κ1) is 23.9. The summed E-state index contributed by atoms with van der Waals surface area (Å²) in [6.07, 6.45) is 4.84. The number of aryl methyl sites for hydroxylation is 1. The maximum atomic E-state index is 13.2. The van der Waals surface area contributed by atoms with E-state index >= 15 is 0 Å². The summed E-state index contributed by atoms with van der Waals surface area (Å²) in [5.41, 5.74) is 4.21. The molecular weight excluding hydrogens is 452 g/mol. The van der Waals surface area contributed by atoms with Crippen LogP contribution in [-0.2, 0) is 17.8 Å². The fraction of sp³-hybridized carbons (Fsp3) is 0.345. The Bertz CT molecular complexity index is 1320. The Morgan fingerprint density at radius 1 is 1.03 bits per heavy atom. The van der Waals surface area contributed by atoms with E-state index in [9.17, 15) is 4.79 Å². The Morgan fingerprint density at radius 3 is 2.58 bits per heavy atom. The maximum Gasteiger partial charge on any atom is 0.224 e. The molecule has 0 spiro atoms. The van der Waals surface area contributed by atoms with Crippen molar-refractivity contribution in [2.45, 2.75) is 38.1 Å². The molecule has 1 aliphatic rings. The van der Waals surface area contributed by atoms with Gasteiger partial charge in [0, 0.05) is 38.0 Å². The summed E-state index contributed by atoms with van der Waals surface area (Å²) in [7, 11) is 3.28. The quantitative estimate of drug-likeness (QED) is 0.358. The summed E-state index contributed by atoms with van der Waals surface area (Å²) < 4.78 is 12.8. The monoisotopic (exact) mass is 484 g/mol. The van der Waals surface area contributed by atoms with Crippen molar-refractivity contribution in [2.75, 3.05) is 27.3 Å². The second kappa shape index (κ2) is 10.8. The lowest BCUT2D eigenvalue weighted by atomic mass is 9.90. The lowest BCUT2D eigenvalue weighted by Gasteiger charge is -2.33. The van der Waals surface area contributed by atoms with Crippen LogP contribution in [0.4, 0.5) is 0 Å². The van der Waals surface area contributed by atoms with Gasteiger partial charge in [-0.3, -0.25) is 9.48 Å². The van der Waals surface area contributed by atoms with Crippen LogP contribution in [0, 0.1) is 0 Å². The Kier molecular flexibility index (Phi) is 7.16. The molecule has 0 aliphatic carbocycles. The average molecular weight is 485 g/mol. The number of nitrogens with zero attached hydrogens (tertiary/aromatic N) is 4. The molecule has 4 aromatic rings. The molecule has 186 valence electrons. The van der Waals surface area contributed by atoms with E-state index in [2.05, 4.69) is 29.2 Å². The van der Waals surface area contributed by atoms with Crippen molar-refractivity contribution in [1.82, 2.24) is 19.7 Å². The molecule has 1 unspecified atom stereocenters. The van der Waals surface area contributed by atoms with E-state index in [1.165, 1.54) is 5.56 Å². The van der Waals surface area contributed by atoms with Gasteiger partial charge in [0.25, 0.3) is 0 Å². The predicted octanol–water partition coefficient (Wildman–Crippen LogP) is 4.84. The Labute approximate surface area is 211 Å². The number of hydrogen-bond donors (Lipinski definition) is 0. The van der Waals surface area contributed by atoms with Gasteiger partial charge in [-0.25, -0.2) is 4.98 Å². The number of carbonyl (C=O) groups is 1. The number of likely N-dealkylation sites (tertiary alicyclic amines) is 1. The van der Waals surface area contributed by atoms with Crippen LogP contribution < -0.4 is 9.47 Å². The van der Waals surface area contributed by atoms with Gasteiger partial charge in [0.2, 0.25) is 11.8 Å². The predicted molar refractivity (Wildman–Crippen MR) is 139 cm³/mol. The van der Waals surface area contributed by atoms with E-state index in [0.717, 1.165) is 53.8 Å². The van der Waals surface area contributed by atoms with Gasteiger partial charge in [-0.05, 0) is 42.2 Å². The van der Waals surface area contributed by atoms with Crippen LogP contribution in [0.5, 0.6) is 11.6 Å². The smallest absolute Gasteiger partial charge is 0.224 e. The van der Waals surface area contributed by atoms with Crippen LogP contribution in [0.2, 0.25) is 0 Å². The number of fused-ring (bicyclic) bond motifs is 1. The first-order chi connectivity index (χ1) is 17.7. The molecule has 36 heavy (non-hydrogen) atoms. The molecule has 5 rings (SSSR count). The van der Waals surface area contributed by atoms with Crippen LogP contribution in [0.25, 0.3) is 10.9 Å². The minimum absolute atomic E-state index is 0.177. The number of ether oxygens (including phenoxy) is 2. The fourth-order valence-corrected chi connectivity index (χ4v) is 5.11. The highest BCUT2D eigenvalue weighted by Gasteiger charge is 2.25. The second-order valence-electron chi connectivity index (χ2n) is 9.26. The molecule has 7 heteroatoms. The standard InChI is InChI=1S/C29H32N4O3/c1-35-24-12-10-21(11-13-24)19-33-26-16-17-30-29(36-2)28(26)25(31-33)14-15-27(34)32-18-6-9-23(20-32)22-7-4-3-5-8-22/h3-5,7-8,10-13,16-17,23H,6,9,14-15,18-20H2,1-2H3. The van der Waals surface area contributed by atoms with Gasteiger partial charge in [-0.1, -0.05) is 42.5 Å². The number of rotatable bonds is 8. The molecule has 0 radical (unpaired) electrons. The maximum absolute atomic E-state index is 13.2. The number of amides is 1. The molecule has 2 aromatic heterocycles. The lowest BCUT2D eigenvalue weighted by molar-refractivity contribution is -0.132. The minimum atomic E-state index is 0.177. The lowest BCUT2D eigenvalue weighted by Crippen LogP contribution is -2.39. The Hall–Kier alpha value is -3.87. The first-order valence-corrected chi connectivity index (χ1v) is 12.5. The van der Waals surface area contributed by atoms with Crippen LogP contribution in [-0.4, -0.2) is 52.9 Å². The van der Waals surface area contributed by atoms with E-state index in [1.807, 2.05) is 46.0 Å². The van der Waals surface area contributed by atoms with Gasteiger partial charge in [-0.2, -0.15) is 5.10 Å². The van der Waals surface area contributed by atoms with Gasteiger partial charge in [0.05, 0.1) is 37.4 Å². The zero-order valence-corrected chi connectivity index (χ0v) is 20.9. The first-order valence-electron chi connectivity index (χ1n) is 12.5. The van der Waals surface area contributed by atoms with Crippen LogP contribution in [0.3, 0.4) is 0 Å². The second-order valence-corrected chi connectivity index (χ2v) is 9.26. The molecule has 7 nitrogen and oxygen atoms in total. The fourth-order valence-electron chi connectivity index (χ4n) is 5.11. The van der Waals surface area contributed by atoms with Crippen molar-refractivity contribution in [3.05, 3.63) is 83.7 Å². The van der Waals surface area contributed by atoms with Gasteiger partial charge in [-0.15, -0.1) is 0 Å². The van der Waals surface area contributed by atoms with Gasteiger partial charge in [0.15, 0.2) is 0 Å². The molecule has 2 aromatic carbocycles. The largest absolute Gasteiger partial charge is 0.497 e. The molecule has 0 N–H and O–H groups in total. The van der Waals surface area contributed by atoms with E-state index in [0.29, 0.717) is 31.2 Å². The van der Waals surface area contributed by atoms with Crippen molar-refractivity contribution < 1.29 is 14.3 Å². The van der Waals surface area contributed by atoms with E-state index in [4.69, 9.17) is 14.6 Å². The third-order valence-corrected chi connectivity index (χ3v) is 7.01. The molecule has 0 saturated carbocycles. The number of hydrogen-bond acceptors (Lipinski definition) is 5. The molecular formula is C29H32N4O3. The normalized spacial score (nSPS) is 15.7. The minimum Gasteiger partial charge on any atom is -0.497 e. The molecule has 0 bridgehead atoms. The summed E-state index contributed by atoms with van der Waals surface area (Å²) in [5, 5.41) is 5.79. The third-order valence-electron chi connectivity index (χ3n) is 7.01. The molecule has 1 atom stereocenters. The molecule has 3 heterocycles.